The Hall–Kier alpha value is -2.79. The van der Waals surface area contributed by atoms with Gasteiger partial charge in [0.25, 0.3) is 5.91 Å². The van der Waals surface area contributed by atoms with Crippen LogP contribution in [0.15, 0.2) is 30.3 Å². The van der Waals surface area contributed by atoms with E-state index in [2.05, 4.69) is 27.2 Å². The second-order valence-corrected chi connectivity index (χ2v) is 7.10. The summed E-state index contributed by atoms with van der Waals surface area (Å²) in [6.45, 7) is 4.00. The highest BCUT2D eigenvalue weighted by Crippen LogP contribution is 2.19. The lowest BCUT2D eigenvalue weighted by molar-refractivity contribution is -0.137. The second kappa shape index (κ2) is 12.2. The Kier molecular flexibility index (Phi) is 9.60. The van der Waals surface area contributed by atoms with Crippen LogP contribution in [0.5, 0.6) is 0 Å². The quantitative estimate of drug-likeness (QED) is 0.299. The van der Waals surface area contributed by atoms with Gasteiger partial charge in [0.15, 0.2) is 5.82 Å². The van der Waals surface area contributed by atoms with Gasteiger partial charge in [-0.15, -0.1) is 10.2 Å². The van der Waals surface area contributed by atoms with Gasteiger partial charge in [-0.05, 0) is 35.4 Å². The van der Waals surface area contributed by atoms with Crippen LogP contribution in [0.2, 0.25) is 0 Å². The highest BCUT2D eigenvalue weighted by Gasteiger charge is 2.27. The van der Waals surface area contributed by atoms with Crippen molar-refractivity contribution >= 4 is 12.0 Å². The number of nitrogens with one attached hydrogen (secondary N) is 1. The van der Waals surface area contributed by atoms with Crippen molar-refractivity contribution < 1.29 is 23.2 Å². The molecule has 2 aromatic rings. The second-order valence-electron chi connectivity index (χ2n) is 7.10. The van der Waals surface area contributed by atoms with Crippen LogP contribution in [0.25, 0.3) is 6.08 Å². The summed E-state index contributed by atoms with van der Waals surface area (Å²) in [5.41, 5.74) is 3.45. The molecule has 31 heavy (non-hydrogen) atoms. The van der Waals surface area contributed by atoms with Gasteiger partial charge in [-0.25, -0.2) is 5.48 Å². The van der Waals surface area contributed by atoms with Crippen LogP contribution >= 0.6 is 0 Å². The predicted octanol–water partition coefficient (Wildman–Crippen LogP) is 2.99. The van der Waals surface area contributed by atoms with Crippen molar-refractivity contribution in [2.75, 3.05) is 13.1 Å². The zero-order valence-corrected chi connectivity index (χ0v) is 17.3. The van der Waals surface area contributed by atoms with Crippen molar-refractivity contribution in [2.24, 2.45) is 0 Å². The van der Waals surface area contributed by atoms with E-state index in [4.69, 9.17) is 5.21 Å². The van der Waals surface area contributed by atoms with Crippen molar-refractivity contribution in [1.29, 1.82) is 0 Å². The molecule has 0 aliphatic carbocycles. The van der Waals surface area contributed by atoms with Gasteiger partial charge in [-0.2, -0.15) is 18.0 Å². The predicted molar refractivity (Wildman–Crippen MR) is 108 cm³/mol. The number of hydroxylamine groups is 1. The van der Waals surface area contributed by atoms with Gasteiger partial charge in [-0.3, -0.25) is 14.9 Å². The molecule has 11 heteroatoms. The average molecular weight is 440 g/mol. The number of unbranched alkanes of at least 4 members (excludes halogenated alkanes) is 1. The number of hydrogen-bond donors (Lipinski definition) is 2. The molecule has 1 aromatic heterocycles. The molecular weight excluding hydrogens is 413 g/mol. The first-order valence-corrected chi connectivity index (χ1v) is 10.1. The maximum atomic E-state index is 12.3. The standard InChI is InChI=1S/C20H27F3N6O2/c1-2-3-12-28(13-10-18-24-27-29(25-18)14-11-20(21,22)23)15-17-6-4-16(5-7-17)8-9-19(30)26-31/h4-9,31H,2-3,10-15H2,1H3,(H,26,30)/b9-8+. The maximum Gasteiger partial charge on any atom is 0.390 e. The lowest BCUT2D eigenvalue weighted by Gasteiger charge is -2.21. The number of carbonyl (C=O) groups excluding carboxylic acids is 1. The molecule has 0 spiro atoms. The maximum absolute atomic E-state index is 12.3. The SMILES string of the molecule is CCCCN(CCc1nnn(CCC(F)(F)F)n1)Cc1ccc(/C=C/C(=O)NO)cc1. The fourth-order valence-electron chi connectivity index (χ4n) is 2.81. The summed E-state index contributed by atoms with van der Waals surface area (Å²) in [6.07, 6.45) is 0.146. The van der Waals surface area contributed by atoms with Gasteiger partial charge >= 0.3 is 6.18 Å². The van der Waals surface area contributed by atoms with Crippen LogP contribution in [-0.2, 0) is 24.3 Å². The van der Waals surface area contributed by atoms with Gasteiger partial charge in [0.2, 0.25) is 0 Å². The van der Waals surface area contributed by atoms with E-state index in [0.717, 1.165) is 35.3 Å². The van der Waals surface area contributed by atoms with Gasteiger partial charge in [0.05, 0.1) is 13.0 Å². The molecule has 0 saturated carbocycles. The summed E-state index contributed by atoms with van der Waals surface area (Å²) >= 11 is 0. The van der Waals surface area contributed by atoms with Crippen molar-refractivity contribution in [1.82, 2.24) is 30.6 Å². The van der Waals surface area contributed by atoms with E-state index in [9.17, 15) is 18.0 Å². The first-order valence-electron chi connectivity index (χ1n) is 10.1. The van der Waals surface area contributed by atoms with E-state index in [1.54, 1.807) is 6.08 Å². The molecule has 2 rings (SSSR count). The number of nitrogens with zero attached hydrogens (tertiary/aromatic N) is 5. The van der Waals surface area contributed by atoms with E-state index in [0.29, 0.717) is 25.3 Å². The summed E-state index contributed by atoms with van der Waals surface area (Å²) in [6, 6.07) is 7.67. The highest BCUT2D eigenvalue weighted by atomic mass is 19.4. The number of alkyl halides is 3. The number of benzene rings is 1. The van der Waals surface area contributed by atoms with Crippen LogP contribution in [-0.4, -0.2) is 55.5 Å². The van der Waals surface area contributed by atoms with Crippen molar-refractivity contribution in [3.05, 3.63) is 47.3 Å². The first-order chi connectivity index (χ1) is 14.8. The molecule has 170 valence electrons. The van der Waals surface area contributed by atoms with E-state index in [-0.39, 0.29) is 6.54 Å². The fourth-order valence-corrected chi connectivity index (χ4v) is 2.81. The first kappa shape index (κ1) is 24.5. The molecule has 0 atom stereocenters. The normalized spacial score (nSPS) is 12.1. The Balaban J connectivity index is 1.91. The van der Waals surface area contributed by atoms with Gasteiger partial charge in [0, 0.05) is 25.6 Å². The Labute approximate surface area is 178 Å². The molecule has 0 aliphatic rings. The molecule has 0 bridgehead atoms. The molecule has 0 fully saturated rings. The number of rotatable bonds is 12. The van der Waals surface area contributed by atoms with Crippen LogP contribution in [0, 0.1) is 0 Å². The van der Waals surface area contributed by atoms with Crippen molar-refractivity contribution in [2.45, 2.75) is 51.9 Å². The Morgan fingerprint density at radius 1 is 1.26 bits per heavy atom. The molecule has 1 amide bonds. The van der Waals surface area contributed by atoms with Gasteiger partial charge in [-0.1, -0.05) is 37.6 Å². The molecule has 0 radical (unpaired) electrons. The molecule has 0 unspecified atom stereocenters. The fraction of sp³-hybridized carbons (Fsp3) is 0.500. The third kappa shape index (κ3) is 9.71. The van der Waals surface area contributed by atoms with Crippen LogP contribution < -0.4 is 5.48 Å². The number of hydrogen-bond acceptors (Lipinski definition) is 6. The smallest absolute Gasteiger partial charge is 0.299 e. The third-order valence-corrected chi connectivity index (χ3v) is 4.49. The van der Waals surface area contributed by atoms with Crippen LogP contribution in [0.1, 0.15) is 43.1 Å². The summed E-state index contributed by atoms with van der Waals surface area (Å²) < 4.78 is 37.0. The molecule has 0 aliphatic heterocycles. The summed E-state index contributed by atoms with van der Waals surface area (Å²) in [4.78, 5) is 14.3. The molecular formula is C20H27F3N6O2. The van der Waals surface area contributed by atoms with Crippen LogP contribution in [0.4, 0.5) is 13.2 Å². The van der Waals surface area contributed by atoms with E-state index in [1.165, 1.54) is 11.6 Å². The summed E-state index contributed by atoms with van der Waals surface area (Å²) in [5, 5.41) is 20.1. The molecule has 8 nitrogen and oxygen atoms in total. The topological polar surface area (TPSA) is 96.2 Å². The summed E-state index contributed by atoms with van der Waals surface area (Å²) in [7, 11) is 0. The molecule has 0 saturated heterocycles. The zero-order chi connectivity index (χ0) is 22.7. The van der Waals surface area contributed by atoms with Gasteiger partial charge in [0.1, 0.15) is 0 Å². The van der Waals surface area contributed by atoms with Crippen molar-refractivity contribution in [3.8, 4) is 0 Å². The Morgan fingerprint density at radius 3 is 2.65 bits per heavy atom. The monoisotopic (exact) mass is 440 g/mol. The van der Waals surface area contributed by atoms with Gasteiger partial charge < -0.3 is 0 Å². The number of aryl methyl sites for hydroxylation is 1. The number of halogens is 3. The number of amides is 1. The molecule has 2 N–H and O–H groups in total. The van der Waals surface area contributed by atoms with E-state index >= 15 is 0 Å². The largest absolute Gasteiger partial charge is 0.390 e. The summed E-state index contributed by atoms with van der Waals surface area (Å²) in [5.74, 6) is -0.176. The Bertz CT molecular complexity index is 836. The minimum atomic E-state index is -4.25. The van der Waals surface area contributed by atoms with E-state index in [1.807, 2.05) is 24.3 Å². The molecule has 1 aromatic carbocycles. The number of aromatic nitrogens is 4. The third-order valence-electron chi connectivity index (χ3n) is 4.49. The minimum absolute atomic E-state index is 0.336. The number of tetrazole rings is 1. The van der Waals surface area contributed by atoms with Crippen molar-refractivity contribution in [3.63, 3.8) is 0 Å². The Morgan fingerprint density at radius 2 is 2.00 bits per heavy atom. The number of carbonyl (C=O) groups is 1. The van der Waals surface area contributed by atoms with Crippen LogP contribution in [0.3, 0.4) is 0 Å². The minimum Gasteiger partial charge on any atom is -0.299 e. The lowest BCUT2D eigenvalue weighted by atomic mass is 10.1. The lowest BCUT2D eigenvalue weighted by Crippen LogP contribution is -2.27. The highest BCUT2D eigenvalue weighted by molar-refractivity contribution is 5.90. The average Bonchev–Trinajstić information content (AvgIpc) is 3.21. The molecule has 1 heterocycles. The van der Waals surface area contributed by atoms with E-state index < -0.39 is 18.5 Å². The zero-order valence-electron chi connectivity index (χ0n) is 17.3.